The van der Waals surface area contributed by atoms with E-state index in [2.05, 4.69) is 21.3 Å². The minimum atomic E-state index is -4.33. The van der Waals surface area contributed by atoms with E-state index in [0.717, 1.165) is 0 Å². The van der Waals surface area contributed by atoms with E-state index in [4.69, 9.17) is 0 Å². The number of anilines is 1. The summed E-state index contributed by atoms with van der Waals surface area (Å²) < 4.78 is 68.8. The van der Waals surface area contributed by atoms with Crippen molar-refractivity contribution in [3.63, 3.8) is 0 Å². The fourth-order valence-electron chi connectivity index (χ4n) is 8.27. The Hall–Kier alpha value is -4.91. The zero-order valence-corrected chi connectivity index (χ0v) is 39.4. The molecule has 0 radical (unpaired) electrons. The lowest BCUT2D eigenvalue weighted by Gasteiger charge is -2.27. The molecule has 2 aromatic rings. The summed E-state index contributed by atoms with van der Waals surface area (Å²) in [5.74, 6) is -2.55. The fraction of sp³-hybridized carbons (Fsp3) is 0.533. The fourth-order valence-corrected chi connectivity index (χ4v) is 9.26. The molecule has 0 aliphatic carbocycles. The molecule has 16 nitrogen and oxygen atoms in total. The number of amides is 4. The SMILES string of the molecule is CCCNC(=O)c1cc(C(=O)NCCC)c2c(c1)N(CCCS(=O)(=O)O)C(=CC=CC1=[N+](CCCS(=O)(=O)O)c3cc(C(=O)NCCC)cc(C(=O)NCCC)c3C1(C)C)C2(C)C. The van der Waals surface area contributed by atoms with Crippen LogP contribution in [-0.2, 0) is 31.1 Å². The molecule has 63 heavy (non-hydrogen) atoms. The second kappa shape index (κ2) is 21.2. The Kier molecular flexibility index (Phi) is 17.1. The van der Waals surface area contributed by atoms with Crippen molar-refractivity contribution in [3.8, 4) is 0 Å². The first-order valence-corrected chi connectivity index (χ1v) is 25.0. The first kappa shape index (κ1) is 50.7. The smallest absolute Gasteiger partial charge is 0.265 e. The van der Waals surface area contributed by atoms with Gasteiger partial charge in [0.2, 0.25) is 5.69 Å². The van der Waals surface area contributed by atoms with Gasteiger partial charge in [-0.05, 0) is 70.2 Å². The lowest BCUT2D eigenvalue weighted by atomic mass is 9.78. The van der Waals surface area contributed by atoms with Crippen LogP contribution in [0.1, 0.15) is 146 Å². The number of carbonyl (C=O) groups is 4. The van der Waals surface area contributed by atoms with E-state index in [9.17, 15) is 45.1 Å². The van der Waals surface area contributed by atoms with Gasteiger partial charge < -0.3 is 26.2 Å². The van der Waals surface area contributed by atoms with Crippen LogP contribution in [-0.4, -0.2) is 111 Å². The predicted octanol–water partition coefficient (Wildman–Crippen LogP) is 5.42. The number of hydrogen-bond acceptors (Lipinski definition) is 9. The second-order valence-corrected chi connectivity index (χ2v) is 20.1. The Labute approximate surface area is 372 Å². The third-order valence-electron chi connectivity index (χ3n) is 11.2. The molecule has 346 valence electrons. The standard InChI is InChI=1S/C45H64N6O10S2/c1-9-18-46-40(52)30-26-32(42(54)48-20-11-3)38-34(28-30)50(22-14-24-62(56,57)58)36(44(38,5)6)16-13-17-37-45(7,8)39-33(43(55)49-21-12-4)27-31(41(53)47-19-10-2)29-35(39)51(37)23-15-25-63(59,60)61/h13,16-17,26-29H,9-12,14-15,18-25H2,1-8H3,(H5-,46,47,48,49,52,53,54,55,56,57,58,59,60,61)/p+1. The summed E-state index contributed by atoms with van der Waals surface area (Å²) in [6.45, 7) is 17.2. The minimum Gasteiger partial charge on any atom is -0.352 e. The third kappa shape index (κ3) is 12.2. The number of allylic oxidation sites excluding steroid dienone is 4. The summed E-state index contributed by atoms with van der Waals surface area (Å²) in [4.78, 5) is 56.5. The Morgan fingerprint density at radius 3 is 1.60 bits per heavy atom. The number of carbonyl (C=O) groups excluding carboxylic acids is 4. The van der Waals surface area contributed by atoms with Gasteiger partial charge in [0.05, 0.1) is 28.0 Å². The minimum absolute atomic E-state index is 0.0112. The van der Waals surface area contributed by atoms with Gasteiger partial charge in [-0.3, -0.25) is 28.3 Å². The summed E-state index contributed by atoms with van der Waals surface area (Å²) in [6.07, 6.45) is 8.21. The predicted molar refractivity (Wildman–Crippen MR) is 246 cm³/mol. The molecule has 2 aliphatic rings. The average molecular weight is 914 g/mol. The van der Waals surface area contributed by atoms with Gasteiger partial charge in [-0.25, -0.2) is 0 Å². The molecule has 0 atom stereocenters. The molecule has 0 spiro atoms. The van der Waals surface area contributed by atoms with E-state index in [1.807, 2.05) is 77.0 Å². The summed E-state index contributed by atoms with van der Waals surface area (Å²) in [6, 6.07) is 6.54. The number of nitrogens with zero attached hydrogens (tertiary/aromatic N) is 2. The van der Waals surface area contributed by atoms with E-state index < -0.39 is 42.6 Å². The molecule has 2 aromatic carbocycles. The van der Waals surface area contributed by atoms with E-state index >= 15 is 0 Å². The highest BCUT2D eigenvalue weighted by Crippen LogP contribution is 2.50. The van der Waals surface area contributed by atoms with Gasteiger partial charge in [-0.15, -0.1) is 0 Å². The van der Waals surface area contributed by atoms with Gasteiger partial charge in [0.15, 0.2) is 5.71 Å². The monoisotopic (exact) mass is 913 g/mol. The van der Waals surface area contributed by atoms with Crippen LogP contribution in [0.5, 0.6) is 0 Å². The largest absolute Gasteiger partial charge is 0.352 e. The van der Waals surface area contributed by atoms with Gasteiger partial charge in [0.25, 0.3) is 43.9 Å². The Morgan fingerprint density at radius 1 is 0.651 bits per heavy atom. The van der Waals surface area contributed by atoms with Crippen molar-refractivity contribution >= 4 is 61.0 Å². The quantitative estimate of drug-likeness (QED) is 0.0646. The maximum Gasteiger partial charge on any atom is 0.265 e. The third-order valence-corrected chi connectivity index (χ3v) is 12.8. The van der Waals surface area contributed by atoms with Crippen LogP contribution in [0.15, 0.2) is 48.2 Å². The molecule has 2 aliphatic heterocycles. The van der Waals surface area contributed by atoms with Crippen LogP contribution in [0.4, 0.5) is 11.4 Å². The maximum atomic E-state index is 13.9. The molecule has 0 aromatic heterocycles. The first-order chi connectivity index (χ1) is 29.5. The van der Waals surface area contributed by atoms with Crippen molar-refractivity contribution in [1.82, 2.24) is 21.3 Å². The Bertz CT molecular complexity index is 2400. The average Bonchev–Trinajstić information content (AvgIpc) is 3.56. The molecule has 6 N–H and O–H groups in total. The van der Waals surface area contributed by atoms with Gasteiger partial charge in [-0.1, -0.05) is 47.6 Å². The molecule has 4 rings (SSSR count). The maximum absolute atomic E-state index is 13.9. The lowest BCUT2D eigenvalue weighted by molar-refractivity contribution is -0.437. The van der Waals surface area contributed by atoms with Crippen LogP contribution in [0, 0.1) is 0 Å². The van der Waals surface area contributed by atoms with Crippen LogP contribution in [0.25, 0.3) is 0 Å². The Morgan fingerprint density at radius 2 is 1.11 bits per heavy atom. The molecule has 18 heteroatoms. The zero-order valence-electron chi connectivity index (χ0n) is 37.8. The summed E-state index contributed by atoms with van der Waals surface area (Å²) in [5, 5.41) is 11.6. The topological polar surface area (TPSA) is 231 Å². The van der Waals surface area contributed by atoms with Crippen molar-refractivity contribution < 1.29 is 49.7 Å². The zero-order chi connectivity index (χ0) is 46.9. The number of benzene rings is 2. The number of hydrogen-bond donors (Lipinski definition) is 6. The van der Waals surface area contributed by atoms with Crippen LogP contribution in [0.2, 0.25) is 0 Å². The number of nitrogens with one attached hydrogen (secondary N) is 4. The van der Waals surface area contributed by atoms with E-state index in [1.54, 1.807) is 30.3 Å². The van der Waals surface area contributed by atoms with Crippen molar-refractivity contribution in [2.75, 3.05) is 55.7 Å². The second-order valence-electron chi connectivity index (χ2n) is 17.0. The van der Waals surface area contributed by atoms with E-state index in [1.165, 1.54) is 0 Å². The van der Waals surface area contributed by atoms with Crippen LogP contribution >= 0.6 is 0 Å². The molecular weight excluding hydrogens is 849 g/mol. The highest BCUT2D eigenvalue weighted by molar-refractivity contribution is 7.86. The summed E-state index contributed by atoms with van der Waals surface area (Å²) in [7, 11) is -8.65. The molecule has 0 bridgehead atoms. The summed E-state index contributed by atoms with van der Waals surface area (Å²) in [5.41, 5.74) is 2.91. The van der Waals surface area contributed by atoms with Gasteiger partial charge >= 0.3 is 0 Å². The highest BCUT2D eigenvalue weighted by atomic mass is 32.2. The highest BCUT2D eigenvalue weighted by Gasteiger charge is 2.48. The van der Waals surface area contributed by atoms with Gasteiger partial charge in [-0.2, -0.15) is 21.4 Å². The van der Waals surface area contributed by atoms with Crippen molar-refractivity contribution in [3.05, 3.63) is 81.6 Å². The van der Waals surface area contributed by atoms with Gasteiger partial charge in [0, 0.05) is 90.3 Å². The van der Waals surface area contributed by atoms with Crippen molar-refractivity contribution in [1.29, 1.82) is 0 Å². The van der Waals surface area contributed by atoms with Crippen LogP contribution in [0.3, 0.4) is 0 Å². The first-order valence-electron chi connectivity index (χ1n) is 21.7. The molecule has 0 saturated carbocycles. The molecule has 2 heterocycles. The summed E-state index contributed by atoms with van der Waals surface area (Å²) >= 11 is 0. The van der Waals surface area contributed by atoms with Gasteiger partial charge in [0.1, 0.15) is 6.54 Å². The Balaban J connectivity index is 1.99. The molecule has 4 amide bonds. The lowest BCUT2D eigenvalue weighted by Crippen LogP contribution is -2.32. The van der Waals surface area contributed by atoms with Crippen LogP contribution < -0.4 is 26.2 Å². The normalized spacial score (nSPS) is 16.0. The molecule has 0 fully saturated rings. The van der Waals surface area contributed by atoms with E-state index in [-0.39, 0.29) is 60.7 Å². The molecule has 0 unspecified atom stereocenters. The van der Waals surface area contributed by atoms with E-state index in [0.29, 0.717) is 96.9 Å². The van der Waals surface area contributed by atoms with Crippen molar-refractivity contribution in [2.45, 2.75) is 105 Å². The van der Waals surface area contributed by atoms with Crippen molar-refractivity contribution in [2.24, 2.45) is 0 Å². The molecular formula is C45H65N6O10S2+. The molecule has 0 saturated heterocycles. The number of fused-ring (bicyclic) bond motifs is 2. The number of rotatable bonds is 22.